The Bertz CT molecular complexity index is 182. The lowest BCUT2D eigenvalue weighted by Gasteiger charge is -2.22. The molecule has 0 aromatic carbocycles. The van der Waals surface area contributed by atoms with Gasteiger partial charge in [0.15, 0.2) is 0 Å². The Hall–Kier alpha value is -0.650. The van der Waals surface area contributed by atoms with Crippen molar-refractivity contribution < 1.29 is 19.7 Å². The number of carboxylic acid groups (broad SMARTS) is 1. The molecule has 1 unspecified atom stereocenters. The van der Waals surface area contributed by atoms with Crippen molar-refractivity contribution in [3.05, 3.63) is 0 Å². The van der Waals surface area contributed by atoms with Crippen LogP contribution in [0.2, 0.25) is 0 Å². The van der Waals surface area contributed by atoms with Crippen LogP contribution in [-0.4, -0.2) is 47.6 Å². The molecule has 0 rings (SSSR count). The van der Waals surface area contributed by atoms with E-state index in [2.05, 4.69) is 5.32 Å². The number of carbonyl (C=O) groups is 1. The average molecular weight is 205 g/mol. The zero-order valence-electron chi connectivity index (χ0n) is 8.91. The van der Waals surface area contributed by atoms with Crippen molar-refractivity contribution in [2.24, 2.45) is 0 Å². The van der Waals surface area contributed by atoms with Crippen molar-refractivity contribution in [2.75, 3.05) is 19.8 Å². The van der Waals surface area contributed by atoms with Gasteiger partial charge in [0, 0.05) is 13.2 Å². The molecule has 5 heteroatoms. The number of nitrogens with one attached hydrogen (secondary N) is 1. The third kappa shape index (κ3) is 5.16. The average Bonchev–Trinajstić information content (AvgIpc) is 2.11. The zero-order chi connectivity index (χ0) is 11.2. The van der Waals surface area contributed by atoms with Gasteiger partial charge in [-0.3, -0.25) is 10.1 Å². The largest absolute Gasteiger partial charge is 0.480 e. The van der Waals surface area contributed by atoms with Crippen molar-refractivity contribution in [3.63, 3.8) is 0 Å². The van der Waals surface area contributed by atoms with Gasteiger partial charge in [0.2, 0.25) is 0 Å². The molecule has 0 heterocycles. The Morgan fingerprint density at radius 3 is 2.57 bits per heavy atom. The van der Waals surface area contributed by atoms with Gasteiger partial charge in [-0.1, -0.05) is 0 Å². The molecule has 0 bridgehead atoms. The minimum Gasteiger partial charge on any atom is -0.480 e. The maximum absolute atomic E-state index is 10.7. The maximum Gasteiger partial charge on any atom is 0.323 e. The van der Waals surface area contributed by atoms with Crippen molar-refractivity contribution in [3.8, 4) is 0 Å². The molecule has 3 N–H and O–H groups in total. The molecule has 0 aliphatic heterocycles. The lowest BCUT2D eigenvalue weighted by atomic mass is 10.1. The summed E-state index contributed by atoms with van der Waals surface area (Å²) in [6.45, 7) is 5.89. The Balaban J connectivity index is 3.75. The van der Waals surface area contributed by atoms with Crippen molar-refractivity contribution in [2.45, 2.75) is 32.4 Å². The van der Waals surface area contributed by atoms with E-state index < -0.39 is 17.6 Å². The third-order valence-corrected chi connectivity index (χ3v) is 1.83. The van der Waals surface area contributed by atoms with E-state index in [9.17, 15) is 9.90 Å². The second-order valence-corrected chi connectivity index (χ2v) is 3.62. The number of aliphatic carboxylic acids is 1. The minimum absolute atomic E-state index is 0.208. The standard InChI is InChI=1S/C9H19NO4/c1-4-14-6-7(11)5-10-9(2,3)8(12)13/h7,10-11H,4-6H2,1-3H3,(H,12,13). The summed E-state index contributed by atoms with van der Waals surface area (Å²) >= 11 is 0. The molecule has 1 atom stereocenters. The van der Waals surface area contributed by atoms with Crippen LogP contribution in [0.5, 0.6) is 0 Å². The monoisotopic (exact) mass is 205 g/mol. The van der Waals surface area contributed by atoms with Gasteiger partial charge in [-0.15, -0.1) is 0 Å². The number of rotatable bonds is 7. The number of ether oxygens (including phenoxy) is 1. The molecule has 0 radical (unpaired) electrons. The van der Waals surface area contributed by atoms with Gasteiger partial charge >= 0.3 is 5.97 Å². The summed E-state index contributed by atoms with van der Waals surface area (Å²) in [5.74, 6) is -0.943. The molecule has 84 valence electrons. The lowest BCUT2D eigenvalue weighted by molar-refractivity contribution is -0.143. The highest BCUT2D eigenvalue weighted by atomic mass is 16.5. The molecule has 0 aromatic rings. The number of hydrogen-bond acceptors (Lipinski definition) is 4. The highest BCUT2D eigenvalue weighted by molar-refractivity contribution is 5.77. The SMILES string of the molecule is CCOCC(O)CNC(C)(C)C(=O)O. The van der Waals surface area contributed by atoms with Gasteiger partial charge in [0.25, 0.3) is 0 Å². The van der Waals surface area contributed by atoms with Crippen LogP contribution in [0.1, 0.15) is 20.8 Å². The molecule has 0 amide bonds. The van der Waals surface area contributed by atoms with Crippen LogP contribution in [0.25, 0.3) is 0 Å². The number of hydrogen-bond donors (Lipinski definition) is 3. The van der Waals surface area contributed by atoms with Gasteiger partial charge in [0.1, 0.15) is 5.54 Å². The summed E-state index contributed by atoms with van der Waals surface area (Å²) in [6, 6.07) is 0. The highest BCUT2D eigenvalue weighted by Gasteiger charge is 2.26. The zero-order valence-corrected chi connectivity index (χ0v) is 8.91. The number of β-amino-alcohol motifs (C(OH)–C–C–N with tert-alkyl or cyclic N) is 1. The first-order valence-electron chi connectivity index (χ1n) is 4.64. The fraction of sp³-hybridized carbons (Fsp3) is 0.889. The number of carboxylic acids is 1. The first-order valence-corrected chi connectivity index (χ1v) is 4.64. The minimum atomic E-state index is -1.02. The van der Waals surface area contributed by atoms with Crippen LogP contribution in [0.15, 0.2) is 0 Å². The fourth-order valence-electron chi connectivity index (χ4n) is 0.761. The van der Waals surface area contributed by atoms with E-state index in [-0.39, 0.29) is 13.2 Å². The molecule has 14 heavy (non-hydrogen) atoms. The summed E-state index contributed by atoms with van der Waals surface area (Å²) in [5, 5.41) is 20.8. The molecule has 0 aromatic heterocycles. The van der Waals surface area contributed by atoms with E-state index >= 15 is 0 Å². The van der Waals surface area contributed by atoms with Crippen molar-refractivity contribution in [1.82, 2.24) is 5.32 Å². The molecule has 0 fully saturated rings. The van der Waals surface area contributed by atoms with Gasteiger partial charge in [-0.2, -0.15) is 0 Å². The number of aliphatic hydroxyl groups excluding tert-OH is 1. The molecular formula is C9H19NO4. The Labute approximate surface area is 84.1 Å². The second kappa shape index (κ2) is 5.95. The first kappa shape index (κ1) is 13.4. The highest BCUT2D eigenvalue weighted by Crippen LogP contribution is 2.01. The summed E-state index contributed by atoms with van der Waals surface area (Å²) in [4.78, 5) is 10.7. The van der Waals surface area contributed by atoms with Crippen LogP contribution in [0, 0.1) is 0 Å². The van der Waals surface area contributed by atoms with Crippen LogP contribution in [-0.2, 0) is 9.53 Å². The van der Waals surface area contributed by atoms with Gasteiger partial charge < -0.3 is 14.9 Å². The summed E-state index contributed by atoms with van der Waals surface area (Å²) in [6.07, 6.45) is -0.673. The van der Waals surface area contributed by atoms with E-state index in [0.29, 0.717) is 6.61 Å². The molecule has 0 aliphatic carbocycles. The van der Waals surface area contributed by atoms with Crippen molar-refractivity contribution in [1.29, 1.82) is 0 Å². The predicted molar refractivity (Wildman–Crippen MR) is 52.2 cm³/mol. The van der Waals surface area contributed by atoms with Crippen LogP contribution >= 0.6 is 0 Å². The van der Waals surface area contributed by atoms with Gasteiger partial charge in [-0.25, -0.2) is 0 Å². The topological polar surface area (TPSA) is 78.8 Å². The predicted octanol–water partition coefficient (Wildman–Crippen LogP) is -0.163. The van der Waals surface area contributed by atoms with Gasteiger partial charge in [-0.05, 0) is 20.8 Å². The molecule has 0 spiro atoms. The Morgan fingerprint density at radius 1 is 1.57 bits per heavy atom. The molecule has 5 nitrogen and oxygen atoms in total. The third-order valence-electron chi connectivity index (χ3n) is 1.83. The Morgan fingerprint density at radius 2 is 2.14 bits per heavy atom. The van der Waals surface area contributed by atoms with Crippen molar-refractivity contribution >= 4 is 5.97 Å². The second-order valence-electron chi connectivity index (χ2n) is 3.62. The number of aliphatic hydroxyl groups is 1. The van der Waals surface area contributed by atoms with Crippen LogP contribution in [0.4, 0.5) is 0 Å². The van der Waals surface area contributed by atoms with Crippen LogP contribution < -0.4 is 5.32 Å². The molecule has 0 aliphatic rings. The van der Waals surface area contributed by atoms with E-state index in [1.54, 1.807) is 13.8 Å². The first-order chi connectivity index (χ1) is 6.40. The Kier molecular flexibility index (Phi) is 5.68. The van der Waals surface area contributed by atoms with E-state index in [1.807, 2.05) is 6.92 Å². The van der Waals surface area contributed by atoms with E-state index in [1.165, 1.54) is 0 Å². The fourth-order valence-corrected chi connectivity index (χ4v) is 0.761. The summed E-state index contributed by atoms with van der Waals surface area (Å²) < 4.78 is 4.98. The van der Waals surface area contributed by atoms with E-state index in [4.69, 9.17) is 9.84 Å². The van der Waals surface area contributed by atoms with Gasteiger partial charge in [0.05, 0.1) is 12.7 Å². The normalized spacial score (nSPS) is 14.0. The molecular weight excluding hydrogens is 186 g/mol. The lowest BCUT2D eigenvalue weighted by Crippen LogP contribution is -2.50. The summed E-state index contributed by atoms with van der Waals surface area (Å²) in [7, 11) is 0. The van der Waals surface area contributed by atoms with Crippen LogP contribution in [0.3, 0.4) is 0 Å². The van der Waals surface area contributed by atoms with E-state index in [0.717, 1.165) is 0 Å². The quantitative estimate of drug-likeness (QED) is 0.538. The maximum atomic E-state index is 10.7. The smallest absolute Gasteiger partial charge is 0.323 e. The summed E-state index contributed by atoms with van der Waals surface area (Å²) in [5.41, 5.74) is -1.02. The molecule has 0 saturated heterocycles. The molecule has 0 saturated carbocycles.